The van der Waals surface area contributed by atoms with Crippen LogP contribution in [0.15, 0.2) is 28.7 Å². The lowest BCUT2D eigenvalue weighted by molar-refractivity contribution is -0.120. The first kappa shape index (κ1) is 21.4. The fraction of sp³-hybridized carbons (Fsp3) is 0.588. The molecular formula is C17H26BrClN2O3. The number of ether oxygens (including phenoxy) is 2. The van der Waals surface area contributed by atoms with Gasteiger partial charge in [0.25, 0.3) is 0 Å². The highest BCUT2D eigenvalue weighted by molar-refractivity contribution is 9.10. The summed E-state index contributed by atoms with van der Waals surface area (Å²) in [4.78, 5) is 12.0. The molecule has 0 bridgehead atoms. The lowest BCUT2D eigenvalue weighted by atomic mass is 9.74. The smallest absolute Gasteiger partial charge is 0.233 e. The van der Waals surface area contributed by atoms with Crippen LogP contribution in [0.1, 0.15) is 18.4 Å². The van der Waals surface area contributed by atoms with Crippen LogP contribution >= 0.6 is 28.3 Å². The van der Waals surface area contributed by atoms with Gasteiger partial charge in [0.1, 0.15) is 0 Å². The van der Waals surface area contributed by atoms with Gasteiger partial charge in [0, 0.05) is 43.3 Å². The molecule has 1 aliphatic rings. The van der Waals surface area contributed by atoms with Gasteiger partial charge in [-0.05, 0) is 30.5 Å². The molecule has 2 N–H and O–H groups in total. The molecule has 1 aromatic carbocycles. The first-order valence-corrected chi connectivity index (χ1v) is 8.76. The second kappa shape index (κ2) is 11.1. The maximum Gasteiger partial charge on any atom is 0.233 e. The predicted molar refractivity (Wildman–Crippen MR) is 101 cm³/mol. The molecule has 1 amide bonds. The third-order valence-electron chi connectivity index (χ3n) is 4.28. The number of hydrogen-bond donors (Lipinski definition) is 2. The van der Waals surface area contributed by atoms with E-state index in [1.165, 1.54) is 5.56 Å². The first-order chi connectivity index (χ1) is 11.2. The van der Waals surface area contributed by atoms with E-state index in [9.17, 15) is 4.79 Å². The van der Waals surface area contributed by atoms with Crippen molar-refractivity contribution in [1.29, 1.82) is 0 Å². The molecule has 1 fully saturated rings. The van der Waals surface area contributed by atoms with Gasteiger partial charge in [-0.15, -0.1) is 12.4 Å². The minimum Gasteiger partial charge on any atom is -0.383 e. The molecule has 0 atom stereocenters. The molecule has 2 rings (SSSR count). The van der Waals surface area contributed by atoms with E-state index in [1.54, 1.807) is 7.11 Å². The van der Waals surface area contributed by atoms with Crippen LogP contribution in [0.5, 0.6) is 0 Å². The molecule has 5 nitrogen and oxygen atoms in total. The summed E-state index contributed by atoms with van der Waals surface area (Å²) in [6, 6.07) is 8.35. The number of amides is 1. The molecule has 1 saturated heterocycles. The quantitative estimate of drug-likeness (QED) is 0.632. The van der Waals surface area contributed by atoms with Gasteiger partial charge in [0.15, 0.2) is 0 Å². The third kappa shape index (κ3) is 6.33. The molecule has 0 aliphatic carbocycles. The molecular weight excluding hydrogens is 396 g/mol. The van der Waals surface area contributed by atoms with E-state index < -0.39 is 0 Å². The normalized spacial score (nSPS) is 16.2. The van der Waals surface area contributed by atoms with Gasteiger partial charge >= 0.3 is 0 Å². The Kier molecular flexibility index (Phi) is 9.85. The summed E-state index contributed by atoms with van der Waals surface area (Å²) in [5.41, 5.74) is 1.20. The van der Waals surface area contributed by atoms with Crippen molar-refractivity contribution < 1.29 is 14.3 Å². The molecule has 0 spiro atoms. The summed E-state index contributed by atoms with van der Waals surface area (Å²) in [7, 11) is 1.65. The van der Waals surface area contributed by atoms with Gasteiger partial charge in [-0.2, -0.15) is 0 Å². The second-order valence-electron chi connectivity index (χ2n) is 5.85. The topological polar surface area (TPSA) is 59.6 Å². The number of benzene rings is 1. The molecule has 0 aromatic heterocycles. The second-order valence-corrected chi connectivity index (χ2v) is 6.77. The van der Waals surface area contributed by atoms with Crippen molar-refractivity contribution in [2.75, 3.05) is 46.6 Å². The van der Waals surface area contributed by atoms with Crippen LogP contribution in [-0.4, -0.2) is 52.5 Å². The standard InChI is InChI=1S/C17H25BrN2O3.ClH/c1-22-10-7-19-12-16(21)20-13-17(5-8-23-9-6-17)14-3-2-4-15(18)11-14;/h2-4,11,19H,5-10,12-13H2,1H3,(H,20,21);1H. The van der Waals surface area contributed by atoms with Crippen molar-refractivity contribution in [3.8, 4) is 0 Å². The summed E-state index contributed by atoms with van der Waals surface area (Å²) < 4.78 is 11.5. The number of halogens is 2. The van der Waals surface area contributed by atoms with Crippen molar-refractivity contribution in [3.63, 3.8) is 0 Å². The van der Waals surface area contributed by atoms with E-state index in [2.05, 4.69) is 38.7 Å². The van der Waals surface area contributed by atoms with Crippen LogP contribution in [0.4, 0.5) is 0 Å². The number of rotatable bonds is 8. The lowest BCUT2D eigenvalue weighted by Crippen LogP contribution is -2.46. The highest BCUT2D eigenvalue weighted by Crippen LogP contribution is 2.35. The molecule has 0 radical (unpaired) electrons. The van der Waals surface area contributed by atoms with Gasteiger partial charge in [-0.25, -0.2) is 0 Å². The Balaban J connectivity index is 0.00000288. The Morgan fingerprint density at radius 2 is 2.12 bits per heavy atom. The van der Waals surface area contributed by atoms with Crippen LogP contribution in [0.2, 0.25) is 0 Å². The number of nitrogens with one attached hydrogen (secondary N) is 2. The highest BCUT2D eigenvalue weighted by Gasteiger charge is 2.34. The van der Waals surface area contributed by atoms with Crippen LogP contribution in [0.25, 0.3) is 0 Å². The van der Waals surface area contributed by atoms with Crippen LogP contribution < -0.4 is 10.6 Å². The van der Waals surface area contributed by atoms with Gasteiger partial charge in [-0.3, -0.25) is 4.79 Å². The minimum absolute atomic E-state index is 0. The summed E-state index contributed by atoms with van der Waals surface area (Å²) >= 11 is 3.54. The van der Waals surface area contributed by atoms with Crippen LogP contribution in [0.3, 0.4) is 0 Å². The molecule has 1 heterocycles. The molecule has 0 unspecified atom stereocenters. The van der Waals surface area contributed by atoms with Crippen LogP contribution in [0, 0.1) is 0 Å². The van der Waals surface area contributed by atoms with Crippen molar-refractivity contribution in [2.45, 2.75) is 18.3 Å². The fourth-order valence-corrected chi connectivity index (χ4v) is 3.25. The van der Waals surface area contributed by atoms with Gasteiger partial charge in [0.05, 0.1) is 13.2 Å². The number of hydrogen-bond acceptors (Lipinski definition) is 4. The Morgan fingerprint density at radius 3 is 2.79 bits per heavy atom. The fourth-order valence-electron chi connectivity index (χ4n) is 2.85. The number of methoxy groups -OCH3 is 1. The zero-order valence-electron chi connectivity index (χ0n) is 14.0. The Morgan fingerprint density at radius 1 is 1.38 bits per heavy atom. The van der Waals surface area contributed by atoms with E-state index in [0.717, 1.165) is 30.5 Å². The van der Waals surface area contributed by atoms with Crippen molar-refractivity contribution in [1.82, 2.24) is 10.6 Å². The van der Waals surface area contributed by atoms with E-state index in [-0.39, 0.29) is 23.7 Å². The molecule has 0 saturated carbocycles. The van der Waals surface area contributed by atoms with Gasteiger partial charge in [-0.1, -0.05) is 28.1 Å². The maximum absolute atomic E-state index is 12.0. The lowest BCUT2D eigenvalue weighted by Gasteiger charge is -2.38. The first-order valence-electron chi connectivity index (χ1n) is 7.96. The summed E-state index contributed by atoms with van der Waals surface area (Å²) in [5.74, 6) is 0.0157. The van der Waals surface area contributed by atoms with Crippen molar-refractivity contribution >= 4 is 34.2 Å². The Bertz CT molecular complexity index is 510. The highest BCUT2D eigenvalue weighted by atomic mass is 79.9. The molecule has 24 heavy (non-hydrogen) atoms. The molecule has 136 valence electrons. The van der Waals surface area contributed by atoms with Gasteiger partial charge < -0.3 is 20.1 Å². The predicted octanol–water partition coefficient (Wildman–Crippen LogP) is 2.27. The monoisotopic (exact) mass is 420 g/mol. The summed E-state index contributed by atoms with van der Waals surface area (Å²) in [6.45, 7) is 3.69. The zero-order chi connectivity index (χ0) is 16.5. The number of carbonyl (C=O) groups is 1. The van der Waals surface area contributed by atoms with E-state index in [0.29, 0.717) is 26.2 Å². The van der Waals surface area contributed by atoms with Crippen molar-refractivity contribution in [2.24, 2.45) is 0 Å². The third-order valence-corrected chi connectivity index (χ3v) is 4.77. The number of carbonyl (C=O) groups excluding carboxylic acids is 1. The minimum atomic E-state index is -0.0514. The average molecular weight is 422 g/mol. The van der Waals surface area contributed by atoms with Crippen molar-refractivity contribution in [3.05, 3.63) is 34.3 Å². The largest absolute Gasteiger partial charge is 0.383 e. The van der Waals surface area contributed by atoms with E-state index >= 15 is 0 Å². The molecule has 1 aliphatic heterocycles. The Hall–Kier alpha value is -0.660. The average Bonchev–Trinajstić information content (AvgIpc) is 2.58. The Labute approximate surface area is 158 Å². The molecule has 7 heteroatoms. The maximum atomic E-state index is 12.0. The summed E-state index contributed by atoms with van der Waals surface area (Å²) in [6.07, 6.45) is 1.83. The zero-order valence-corrected chi connectivity index (χ0v) is 16.4. The van der Waals surface area contributed by atoms with Crippen LogP contribution in [-0.2, 0) is 19.7 Å². The SMILES string of the molecule is COCCNCC(=O)NCC1(c2cccc(Br)c2)CCOCC1.Cl. The molecule has 1 aromatic rings. The van der Waals surface area contributed by atoms with E-state index in [4.69, 9.17) is 9.47 Å². The van der Waals surface area contributed by atoms with E-state index in [1.807, 2.05) is 12.1 Å². The summed E-state index contributed by atoms with van der Waals surface area (Å²) in [5, 5.41) is 6.14. The van der Waals surface area contributed by atoms with Gasteiger partial charge in [0.2, 0.25) is 5.91 Å².